The van der Waals surface area contributed by atoms with E-state index >= 15 is 0 Å². The highest BCUT2D eigenvalue weighted by atomic mass is 32.1. The van der Waals surface area contributed by atoms with Gasteiger partial charge >= 0.3 is 0 Å². The van der Waals surface area contributed by atoms with E-state index in [0.717, 1.165) is 41.6 Å². The van der Waals surface area contributed by atoms with Gasteiger partial charge in [-0.15, -0.1) is 16.4 Å². The van der Waals surface area contributed by atoms with E-state index in [1.54, 1.807) is 9.58 Å². The molecule has 38 heavy (non-hydrogen) atoms. The Labute approximate surface area is 224 Å². The van der Waals surface area contributed by atoms with Gasteiger partial charge in [0, 0.05) is 17.5 Å². The standard InChI is InChI=1S/C28H29N5O4S/c34-26(17-33-22-10-5-4-9-21(22)30-31-33)32(16-19-12-13-23-24(15-19)37-18-36-23)27(25-11-6-14-38-25)28(35)29-20-7-2-1-3-8-20/h4-6,9-15,20,27H,1-3,7-8,16-18H2,(H,29,35)/t27-/m0/s1. The summed E-state index contributed by atoms with van der Waals surface area (Å²) < 4.78 is 12.6. The number of ether oxygens (including phenoxy) is 2. The molecule has 10 heteroatoms. The van der Waals surface area contributed by atoms with Crippen LogP contribution in [0.4, 0.5) is 0 Å². The number of nitrogens with zero attached hydrogens (tertiary/aromatic N) is 4. The Morgan fingerprint density at radius 1 is 1.05 bits per heavy atom. The van der Waals surface area contributed by atoms with E-state index < -0.39 is 6.04 Å². The Bertz CT molecular complexity index is 1430. The molecule has 196 valence electrons. The van der Waals surface area contributed by atoms with Crippen LogP contribution in [-0.2, 0) is 22.7 Å². The summed E-state index contributed by atoms with van der Waals surface area (Å²) in [7, 11) is 0. The number of benzene rings is 2. The van der Waals surface area contributed by atoms with Gasteiger partial charge in [-0.25, -0.2) is 4.68 Å². The highest BCUT2D eigenvalue weighted by Crippen LogP contribution is 2.34. The summed E-state index contributed by atoms with van der Waals surface area (Å²) in [4.78, 5) is 30.4. The molecular weight excluding hydrogens is 502 g/mol. The first-order valence-corrected chi connectivity index (χ1v) is 13.8. The molecule has 2 aromatic heterocycles. The van der Waals surface area contributed by atoms with Crippen molar-refractivity contribution in [1.82, 2.24) is 25.2 Å². The molecule has 0 spiro atoms. The van der Waals surface area contributed by atoms with Crippen LogP contribution in [0, 0.1) is 0 Å². The summed E-state index contributed by atoms with van der Waals surface area (Å²) in [5.41, 5.74) is 2.33. The summed E-state index contributed by atoms with van der Waals surface area (Å²) in [5.74, 6) is 0.925. The predicted molar refractivity (Wildman–Crippen MR) is 143 cm³/mol. The van der Waals surface area contributed by atoms with Crippen LogP contribution in [0.5, 0.6) is 11.5 Å². The molecule has 0 unspecified atom stereocenters. The zero-order valence-corrected chi connectivity index (χ0v) is 21.7. The van der Waals surface area contributed by atoms with Gasteiger partial charge in [-0.1, -0.05) is 48.7 Å². The molecule has 3 heterocycles. The van der Waals surface area contributed by atoms with Crippen molar-refractivity contribution in [3.63, 3.8) is 0 Å². The van der Waals surface area contributed by atoms with Crippen molar-refractivity contribution in [1.29, 1.82) is 0 Å². The first kappa shape index (κ1) is 24.4. The molecule has 1 saturated carbocycles. The lowest BCUT2D eigenvalue weighted by Gasteiger charge is -2.33. The van der Waals surface area contributed by atoms with Gasteiger partial charge in [0.15, 0.2) is 11.5 Å². The number of nitrogens with one attached hydrogen (secondary N) is 1. The van der Waals surface area contributed by atoms with Crippen LogP contribution in [0.3, 0.4) is 0 Å². The number of rotatable bonds is 8. The molecule has 2 amide bonds. The maximum Gasteiger partial charge on any atom is 0.248 e. The molecular formula is C28H29N5O4S. The molecule has 0 bridgehead atoms. The van der Waals surface area contributed by atoms with Crippen LogP contribution < -0.4 is 14.8 Å². The van der Waals surface area contributed by atoms with Gasteiger partial charge in [0.2, 0.25) is 18.6 Å². The number of hydrogen-bond donors (Lipinski definition) is 1. The topological polar surface area (TPSA) is 98.6 Å². The zero-order chi connectivity index (χ0) is 25.9. The quantitative estimate of drug-likeness (QED) is 0.361. The second-order valence-electron chi connectivity index (χ2n) is 9.71. The second-order valence-corrected chi connectivity index (χ2v) is 10.7. The monoisotopic (exact) mass is 531 g/mol. The average molecular weight is 532 g/mol. The molecule has 9 nitrogen and oxygen atoms in total. The molecule has 0 radical (unpaired) electrons. The third-order valence-corrected chi connectivity index (χ3v) is 8.06. The fraction of sp³-hybridized carbons (Fsp3) is 0.357. The highest BCUT2D eigenvalue weighted by Gasteiger charge is 2.34. The minimum absolute atomic E-state index is 0.0380. The number of thiophene rings is 1. The Morgan fingerprint density at radius 2 is 1.89 bits per heavy atom. The number of para-hydroxylation sites is 1. The van der Waals surface area contributed by atoms with E-state index in [4.69, 9.17) is 9.47 Å². The number of fused-ring (bicyclic) bond motifs is 2. The van der Waals surface area contributed by atoms with Crippen molar-refractivity contribution in [2.45, 2.75) is 57.3 Å². The fourth-order valence-corrected chi connectivity index (χ4v) is 6.05. The number of amides is 2. The van der Waals surface area contributed by atoms with Gasteiger partial charge in [-0.3, -0.25) is 9.59 Å². The summed E-state index contributed by atoms with van der Waals surface area (Å²) in [5, 5.41) is 13.6. The molecule has 6 rings (SSSR count). The first-order valence-electron chi connectivity index (χ1n) is 13.0. The molecule has 1 aliphatic carbocycles. The van der Waals surface area contributed by atoms with Gasteiger partial charge in [0.25, 0.3) is 0 Å². The zero-order valence-electron chi connectivity index (χ0n) is 20.9. The normalized spacial score (nSPS) is 15.9. The van der Waals surface area contributed by atoms with Crippen molar-refractivity contribution in [2.75, 3.05) is 6.79 Å². The second kappa shape index (κ2) is 10.8. The summed E-state index contributed by atoms with van der Waals surface area (Å²) in [6, 6.07) is 16.3. The van der Waals surface area contributed by atoms with E-state index in [9.17, 15) is 9.59 Å². The SMILES string of the molecule is O=C(NC1CCCCC1)[C@H](c1cccs1)N(Cc1ccc2c(c1)OCO2)C(=O)Cn1nnc2ccccc21. The molecule has 0 saturated heterocycles. The molecule has 2 aliphatic rings. The van der Waals surface area contributed by atoms with Crippen molar-refractivity contribution >= 4 is 34.2 Å². The van der Waals surface area contributed by atoms with Crippen LogP contribution in [-0.4, -0.2) is 44.5 Å². The van der Waals surface area contributed by atoms with Crippen molar-refractivity contribution in [3.05, 3.63) is 70.4 Å². The minimum atomic E-state index is -0.773. The lowest BCUT2D eigenvalue weighted by atomic mass is 9.95. The van der Waals surface area contributed by atoms with E-state index in [1.165, 1.54) is 17.8 Å². The smallest absolute Gasteiger partial charge is 0.248 e. The predicted octanol–water partition coefficient (Wildman–Crippen LogP) is 4.44. The van der Waals surface area contributed by atoms with Crippen LogP contribution >= 0.6 is 11.3 Å². The molecule has 4 aromatic rings. The van der Waals surface area contributed by atoms with Crippen molar-refractivity contribution in [3.8, 4) is 11.5 Å². The van der Waals surface area contributed by atoms with Crippen LogP contribution in [0.2, 0.25) is 0 Å². The van der Waals surface area contributed by atoms with Crippen LogP contribution in [0.1, 0.15) is 48.6 Å². The van der Waals surface area contributed by atoms with Gasteiger partial charge < -0.3 is 19.7 Å². The molecule has 1 aliphatic heterocycles. The Morgan fingerprint density at radius 3 is 2.74 bits per heavy atom. The summed E-state index contributed by atoms with van der Waals surface area (Å²) >= 11 is 1.47. The molecule has 1 fully saturated rings. The minimum Gasteiger partial charge on any atom is -0.454 e. The maximum atomic E-state index is 14.0. The van der Waals surface area contributed by atoms with Crippen LogP contribution in [0.25, 0.3) is 11.0 Å². The molecule has 1 N–H and O–H groups in total. The summed E-state index contributed by atoms with van der Waals surface area (Å²) in [6.45, 7) is 0.356. The van der Waals surface area contributed by atoms with Gasteiger partial charge in [0.05, 0.1) is 5.52 Å². The third-order valence-electron chi connectivity index (χ3n) is 7.14. The summed E-state index contributed by atoms with van der Waals surface area (Å²) in [6.07, 6.45) is 5.33. The molecule has 2 aromatic carbocycles. The molecule has 1 atom stereocenters. The number of carbonyl (C=O) groups excluding carboxylic acids is 2. The maximum absolute atomic E-state index is 14.0. The average Bonchev–Trinajstić information content (AvgIpc) is 3.71. The van der Waals surface area contributed by atoms with E-state index in [2.05, 4.69) is 15.6 Å². The third kappa shape index (κ3) is 5.08. The largest absolute Gasteiger partial charge is 0.454 e. The number of hydrogen-bond acceptors (Lipinski definition) is 7. The van der Waals surface area contributed by atoms with Crippen LogP contribution in [0.15, 0.2) is 60.0 Å². The lowest BCUT2D eigenvalue weighted by Crippen LogP contribution is -2.47. The fourth-order valence-electron chi connectivity index (χ4n) is 5.21. The first-order chi connectivity index (χ1) is 18.7. The Balaban J connectivity index is 1.34. The van der Waals surface area contributed by atoms with Gasteiger partial charge in [0.1, 0.15) is 18.1 Å². The lowest BCUT2D eigenvalue weighted by molar-refractivity contribution is -0.142. The van der Waals surface area contributed by atoms with Gasteiger partial charge in [-0.05, 0) is 54.1 Å². The van der Waals surface area contributed by atoms with Crippen molar-refractivity contribution in [2.24, 2.45) is 0 Å². The number of aromatic nitrogens is 3. The van der Waals surface area contributed by atoms with E-state index in [-0.39, 0.29) is 37.7 Å². The Kier molecular flexibility index (Phi) is 6.96. The highest BCUT2D eigenvalue weighted by molar-refractivity contribution is 7.10. The van der Waals surface area contributed by atoms with Gasteiger partial charge in [-0.2, -0.15) is 0 Å². The number of carbonyl (C=O) groups is 2. The van der Waals surface area contributed by atoms with Crippen molar-refractivity contribution < 1.29 is 19.1 Å². The van der Waals surface area contributed by atoms with E-state index in [1.807, 2.05) is 60.0 Å². The van der Waals surface area contributed by atoms with E-state index in [0.29, 0.717) is 17.0 Å². The Hall–Kier alpha value is -3.92.